The van der Waals surface area contributed by atoms with Crippen molar-refractivity contribution < 1.29 is 4.74 Å². The van der Waals surface area contributed by atoms with Crippen molar-refractivity contribution in [2.45, 2.75) is 59.7 Å². The van der Waals surface area contributed by atoms with Crippen LogP contribution in [-0.4, -0.2) is 17.6 Å². The Labute approximate surface area is 126 Å². The van der Waals surface area contributed by atoms with E-state index in [2.05, 4.69) is 38.0 Å². The smallest absolute Gasteiger partial charge is 0.182 e. The molecule has 0 radical (unpaired) electrons. The molecule has 112 valence electrons. The van der Waals surface area contributed by atoms with Gasteiger partial charge in [0, 0.05) is 12.7 Å². The summed E-state index contributed by atoms with van der Waals surface area (Å²) in [5, 5.41) is 4.26. The van der Waals surface area contributed by atoms with Crippen LogP contribution in [-0.2, 0) is 11.3 Å². The fourth-order valence-electron chi connectivity index (χ4n) is 4.17. The molecule has 2 bridgehead atoms. The molecule has 0 aliphatic heterocycles. The molecule has 2 fully saturated rings. The third-order valence-electron chi connectivity index (χ3n) is 6.02. The minimum Gasteiger partial charge on any atom is -0.372 e. The molecule has 1 aromatic heterocycles. The monoisotopic (exact) mass is 294 g/mol. The van der Waals surface area contributed by atoms with Gasteiger partial charge >= 0.3 is 0 Å². The zero-order chi connectivity index (χ0) is 14.4. The zero-order valence-electron chi connectivity index (χ0n) is 13.0. The van der Waals surface area contributed by atoms with E-state index in [1.807, 2.05) is 6.20 Å². The first-order valence-electron chi connectivity index (χ1n) is 7.77. The van der Waals surface area contributed by atoms with Crippen molar-refractivity contribution in [1.29, 1.82) is 0 Å². The second-order valence-electron chi connectivity index (χ2n) is 7.07. The van der Waals surface area contributed by atoms with Gasteiger partial charge in [-0.3, -0.25) is 0 Å². The van der Waals surface area contributed by atoms with Crippen LogP contribution < -0.4 is 5.32 Å². The summed E-state index contributed by atoms with van der Waals surface area (Å²) in [4.78, 5) is 5.60. The van der Waals surface area contributed by atoms with E-state index in [9.17, 15) is 0 Å². The normalized spacial score (nSPS) is 34.6. The van der Waals surface area contributed by atoms with Crippen molar-refractivity contribution in [3.8, 4) is 0 Å². The quantitative estimate of drug-likeness (QED) is 0.879. The number of nitrogens with zero attached hydrogens (tertiary/aromatic N) is 1. The fraction of sp³-hybridized carbons (Fsp3) is 0.812. The SMILES string of the molecule is CCNc1ncc(COC2CC3CCC2(C)C3(C)C)s1. The molecule has 0 aromatic carbocycles. The van der Waals surface area contributed by atoms with Crippen molar-refractivity contribution >= 4 is 16.5 Å². The van der Waals surface area contributed by atoms with Crippen LogP contribution in [0.15, 0.2) is 6.20 Å². The Morgan fingerprint density at radius 1 is 1.45 bits per heavy atom. The number of hydrogen-bond acceptors (Lipinski definition) is 4. The van der Waals surface area contributed by atoms with Gasteiger partial charge in [0.15, 0.2) is 5.13 Å². The van der Waals surface area contributed by atoms with Crippen molar-refractivity contribution in [2.24, 2.45) is 16.7 Å². The highest BCUT2D eigenvalue weighted by Crippen LogP contribution is 2.66. The van der Waals surface area contributed by atoms with Crippen LogP contribution in [0.3, 0.4) is 0 Å². The van der Waals surface area contributed by atoms with Gasteiger partial charge in [-0.25, -0.2) is 4.98 Å². The Bertz CT molecular complexity index is 485. The maximum Gasteiger partial charge on any atom is 0.182 e. The molecule has 0 saturated heterocycles. The molecule has 1 N–H and O–H groups in total. The van der Waals surface area contributed by atoms with Crippen LogP contribution in [0.5, 0.6) is 0 Å². The molecule has 1 aromatic rings. The van der Waals surface area contributed by atoms with Crippen LogP contribution in [0, 0.1) is 16.7 Å². The molecule has 2 aliphatic rings. The average molecular weight is 294 g/mol. The van der Waals surface area contributed by atoms with Crippen LogP contribution in [0.25, 0.3) is 0 Å². The zero-order valence-corrected chi connectivity index (χ0v) is 13.8. The number of rotatable bonds is 5. The lowest BCUT2D eigenvalue weighted by Crippen LogP contribution is -2.37. The summed E-state index contributed by atoms with van der Waals surface area (Å²) in [5.74, 6) is 0.844. The Morgan fingerprint density at radius 3 is 2.85 bits per heavy atom. The Kier molecular flexibility index (Phi) is 3.57. The third-order valence-corrected chi connectivity index (χ3v) is 6.95. The summed E-state index contributed by atoms with van der Waals surface area (Å²) >= 11 is 1.71. The number of hydrogen-bond donors (Lipinski definition) is 1. The highest BCUT2D eigenvalue weighted by Gasteiger charge is 2.61. The van der Waals surface area contributed by atoms with E-state index in [0.717, 1.165) is 17.6 Å². The van der Waals surface area contributed by atoms with Gasteiger partial charge in [-0.15, -0.1) is 0 Å². The predicted octanol–water partition coefficient (Wildman–Crippen LogP) is 4.31. The molecular formula is C16H26N2OS. The van der Waals surface area contributed by atoms with Crippen LogP contribution in [0.2, 0.25) is 0 Å². The van der Waals surface area contributed by atoms with Crippen LogP contribution in [0.1, 0.15) is 51.8 Å². The van der Waals surface area contributed by atoms with Crippen LogP contribution >= 0.6 is 11.3 Å². The maximum absolute atomic E-state index is 6.30. The number of fused-ring (bicyclic) bond motifs is 2. The molecule has 3 atom stereocenters. The second kappa shape index (κ2) is 4.99. The van der Waals surface area contributed by atoms with Crippen molar-refractivity contribution in [1.82, 2.24) is 4.98 Å². The molecule has 2 saturated carbocycles. The minimum atomic E-state index is 0.354. The van der Waals surface area contributed by atoms with Gasteiger partial charge in [-0.05, 0) is 42.9 Å². The van der Waals surface area contributed by atoms with Gasteiger partial charge in [-0.1, -0.05) is 32.1 Å². The predicted molar refractivity (Wildman–Crippen MR) is 84.1 cm³/mol. The molecule has 3 unspecified atom stereocenters. The summed E-state index contributed by atoms with van der Waals surface area (Å²) in [7, 11) is 0. The lowest BCUT2D eigenvalue weighted by molar-refractivity contribution is -0.0542. The summed E-state index contributed by atoms with van der Waals surface area (Å²) < 4.78 is 6.30. The minimum absolute atomic E-state index is 0.354. The summed E-state index contributed by atoms with van der Waals surface area (Å²) in [6.07, 6.45) is 6.31. The molecule has 20 heavy (non-hydrogen) atoms. The molecule has 1 heterocycles. The van der Waals surface area contributed by atoms with Gasteiger partial charge in [0.1, 0.15) is 0 Å². The van der Waals surface area contributed by atoms with E-state index in [0.29, 0.717) is 23.5 Å². The van der Waals surface area contributed by atoms with Gasteiger partial charge in [0.05, 0.1) is 17.6 Å². The number of ether oxygens (including phenoxy) is 1. The van der Waals surface area contributed by atoms with E-state index in [1.54, 1.807) is 11.3 Å². The second-order valence-corrected chi connectivity index (χ2v) is 8.19. The molecular weight excluding hydrogens is 268 g/mol. The summed E-state index contributed by atoms with van der Waals surface area (Å²) in [6.45, 7) is 11.0. The molecule has 3 nitrogen and oxygen atoms in total. The highest BCUT2D eigenvalue weighted by atomic mass is 32.1. The van der Waals surface area contributed by atoms with E-state index in [-0.39, 0.29) is 0 Å². The maximum atomic E-state index is 6.30. The number of anilines is 1. The van der Waals surface area contributed by atoms with Crippen LogP contribution in [0.4, 0.5) is 5.13 Å². The Balaban J connectivity index is 1.62. The Hall–Kier alpha value is -0.610. The molecule has 3 rings (SSSR count). The molecule has 0 spiro atoms. The number of aromatic nitrogens is 1. The topological polar surface area (TPSA) is 34.2 Å². The number of thiazole rings is 1. The summed E-state index contributed by atoms with van der Waals surface area (Å²) in [5.41, 5.74) is 0.785. The lowest BCUT2D eigenvalue weighted by Gasteiger charge is -2.38. The molecule has 4 heteroatoms. The first-order valence-corrected chi connectivity index (χ1v) is 8.59. The summed E-state index contributed by atoms with van der Waals surface area (Å²) in [6, 6.07) is 0. The fourth-order valence-corrected chi connectivity index (χ4v) is 4.97. The van der Waals surface area contributed by atoms with Gasteiger partial charge in [0.25, 0.3) is 0 Å². The van der Waals surface area contributed by atoms with Gasteiger partial charge in [0.2, 0.25) is 0 Å². The van der Waals surface area contributed by atoms with Crippen molar-refractivity contribution in [2.75, 3.05) is 11.9 Å². The van der Waals surface area contributed by atoms with E-state index in [1.165, 1.54) is 24.1 Å². The molecule has 0 amide bonds. The first kappa shape index (κ1) is 14.3. The van der Waals surface area contributed by atoms with E-state index >= 15 is 0 Å². The van der Waals surface area contributed by atoms with Gasteiger partial charge in [-0.2, -0.15) is 0 Å². The van der Waals surface area contributed by atoms with E-state index in [4.69, 9.17) is 4.74 Å². The average Bonchev–Trinajstić information content (AvgIpc) is 2.98. The molecule has 2 aliphatic carbocycles. The van der Waals surface area contributed by atoms with Crippen molar-refractivity contribution in [3.63, 3.8) is 0 Å². The number of nitrogens with one attached hydrogen (secondary N) is 1. The third kappa shape index (κ3) is 2.08. The standard InChI is InChI=1S/C16H26N2OS/c1-5-17-14-18-9-12(20-14)10-19-13-8-11-6-7-16(13,4)15(11,2)3/h9,11,13H,5-8,10H2,1-4H3,(H,17,18). The highest BCUT2D eigenvalue weighted by molar-refractivity contribution is 7.15. The first-order chi connectivity index (χ1) is 9.47. The van der Waals surface area contributed by atoms with E-state index < -0.39 is 0 Å². The largest absolute Gasteiger partial charge is 0.372 e. The lowest BCUT2D eigenvalue weighted by atomic mass is 9.70. The Morgan fingerprint density at radius 2 is 2.25 bits per heavy atom. The van der Waals surface area contributed by atoms with Crippen molar-refractivity contribution in [3.05, 3.63) is 11.1 Å². The van der Waals surface area contributed by atoms with Gasteiger partial charge < -0.3 is 10.1 Å².